The first-order valence-corrected chi connectivity index (χ1v) is 9.30. The zero-order valence-electron chi connectivity index (χ0n) is 16.8. The zero-order valence-corrected chi connectivity index (χ0v) is 17.6. The standard InChI is InChI=1S/C21H22ClNO7/c1-27-17-8-5-14(22)11-15(17)23-20(25)12-30-21(26)9-6-16(24)13-4-7-18(28-2)19(10-13)29-3/h4-5,7-8,10-11H,6,9,12H2,1-3H3,(H,23,25). The van der Waals surface area contributed by atoms with Crippen molar-refractivity contribution in [3.63, 3.8) is 0 Å². The monoisotopic (exact) mass is 435 g/mol. The first-order chi connectivity index (χ1) is 14.4. The zero-order chi connectivity index (χ0) is 22.1. The molecule has 160 valence electrons. The molecule has 0 saturated heterocycles. The first-order valence-electron chi connectivity index (χ1n) is 8.92. The second-order valence-corrected chi connectivity index (χ2v) is 6.48. The van der Waals surface area contributed by atoms with Crippen LogP contribution in [-0.4, -0.2) is 45.6 Å². The van der Waals surface area contributed by atoms with Gasteiger partial charge in [-0.1, -0.05) is 11.6 Å². The molecule has 0 aliphatic rings. The van der Waals surface area contributed by atoms with E-state index in [9.17, 15) is 14.4 Å². The van der Waals surface area contributed by atoms with Gasteiger partial charge in [-0.3, -0.25) is 14.4 Å². The van der Waals surface area contributed by atoms with Gasteiger partial charge in [0, 0.05) is 17.0 Å². The van der Waals surface area contributed by atoms with Gasteiger partial charge in [0.1, 0.15) is 5.75 Å². The number of halogens is 1. The minimum Gasteiger partial charge on any atom is -0.495 e. The summed E-state index contributed by atoms with van der Waals surface area (Å²) < 4.78 is 20.3. The lowest BCUT2D eigenvalue weighted by Crippen LogP contribution is -2.21. The number of esters is 1. The summed E-state index contributed by atoms with van der Waals surface area (Å²) in [7, 11) is 4.41. The van der Waals surface area contributed by atoms with E-state index in [-0.39, 0.29) is 18.6 Å². The van der Waals surface area contributed by atoms with Gasteiger partial charge in [0.25, 0.3) is 5.91 Å². The van der Waals surface area contributed by atoms with Crippen molar-refractivity contribution in [1.82, 2.24) is 0 Å². The molecule has 2 aromatic carbocycles. The van der Waals surface area contributed by atoms with Crippen molar-refractivity contribution >= 4 is 34.9 Å². The van der Waals surface area contributed by atoms with Gasteiger partial charge >= 0.3 is 5.97 Å². The average molecular weight is 436 g/mol. The third-order valence-corrected chi connectivity index (χ3v) is 4.30. The fourth-order valence-corrected chi connectivity index (χ4v) is 2.72. The second-order valence-electron chi connectivity index (χ2n) is 6.05. The van der Waals surface area contributed by atoms with Gasteiger partial charge in [0.15, 0.2) is 23.9 Å². The summed E-state index contributed by atoms with van der Waals surface area (Å²) in [5.74, 6) is -0.164. The number of ketones is 1. The summed E-state index contributed by atoms with van der Waals surface area (Å²) >= 11 is 5.90. The van der Waals surface area contributed by atoms with Crippen molar-refractivity contribution in [3.8, 4) is 17.2 Å². The number of amides is 1. The third kappa shape index (κ3) is 6.38. The van der Waals surface area contributed by atoms with E-state index < -0.39 is 18.5 Å². The lowest BCUT2D eigenvalue weighted by molar-refractivity contribution is -0.147. The Bertz CT molecular complexity index is 930. The summed E-state index contributed by atoms with van der Waals surface area (Å²) in [4.78, 5) is 36.2. The molecular formula is C21H22ClNO7. The van der Waals surface area contributed by atoms with E-state index in [0.717, 1.165) is 0 Å². The molecule has 2 aromatic rings. The number of hydrogen-bond acceptors (Lipinski definition) is 7. The topological polar surface area (TPSA) is 100 Å². The summed E-state index contributed by atoms with van der Waals surface area (Å²) in [6.07, 6.45) is -0.237. The Kier molecular flexibility index (Phi) is 8.49. The molecule has 0 spiro atoms. The Hall–Kier alpha value is -3.26. The molecule has 0 radical (unpaired) electrons. The molecule has 0 aliphatic carbocycles. The largest absolute Gasteiger partial charge is 0.495 e. The predicted molar refractivity (Wildman–Crippen MR) is 111 cm³/mol. The highest BCUT2D eigenvalue weighted by molar-refractivity contribution is 6.31. The normalized spacial score (nSPS) is 10.1. The number of carbonyl (C=O) groups excluding carboxylic acids is 3. The summed E-state index contributed by atoms with van der Waals surface area (Å²) in [5, 5.41) is 2.97. The maximum atomic E-state index is 12.3. The molecule has 0 fully saturated rings. The summed E-state index contributed by atoms with van der Waals surface area (Å²) in [6, 6.07) is 9.47. The van der Waals surface area contributed by atoms with Gasteiger partial charge in [0.2, 0.25) is 0 Å². The lowest BCUT2D eigenvalue weighted by Gasteiger charge is -2.11. The molecule has 0 bridgehead atoms. The van der Waals surface area contributed by atoms with Crippen molar-refractivity contribution in [2.24, 2.45) is 0 Å². The smallest absolute Gasteiger partial charge is 0.306 e. The van der Waals surface area contributed by atoms with Crippen LogP contribution in [0, 0.1) is 0 Å². The van der Waals surface area contributed by atoms with E-state index >= 15 is 0 Å². The molecular weight excluding hydrogens is 414 g/mol. The van der Waals surface area contributed by atoms with Gasteiger partial charge in [0.05, 0.1) is 33.4 Å². The third-order valence-electron chi connectivity index (χ3n) is 4.06. The van der Waals surface area contributed by atoms with Gasteiger partial charge in [-0.15, -0.1) is 0 Å². The van der Waals surface area contributed by atoms with Gasteiger partial charge in [-0.05, 0) is 36.4 Å². The number of methoxy groups -OCH3 is 3. The van der Waals surface area contributed by atoms with Crippen LogP contribution in [-0.2, 0) is 14.3 Å². The van der Waals surface area contributed by atoms with Crippen molar-refractivity contribution in [1.29, 1.82) is 0 Å². The lowest BCUT2D eigenvalue weighted by atomic mass is 10.1. The van der Waals surface area contributed by atoms with Crippen LogP contribution in [0.5, 0.6) is 17.2 Å². The molecule has 1 amide bonds. The first kappa shape index (κ1) is 23.0. The van der Waals surface area contributed by atoms with Crippen LogP contribution in [0.1, 0.15) is 23.2 Å². The maximum absolute atomic E-state index is 12.3. The molecule has 1 N–H and O–H groups in total. The highest BCUT2D eigenvalue weighted by Gasteiger charge is 2.15. The number of Topliss-reactive ketones (excluding diaryl/α,β-unsaturated/α-hetero) is 1. The number of rotatable bonds is 10. The van der Waals surface area contributed by atoms with Gasteiger partial charge in [-0.2, -0.15) is 0 Å². The van der Waals surface area contributed by atoms with Crippen LogP contribution in [0.4, 0.5) is 5.69 Å². The van der Waals surface area contributed by atoms with Crippen LogP contribution < -0.4 is 19.5 Å². The van der Waals surface area contributed by atoms with Crippen molar-refractivity contribution in [3.05, 3.63) is 47.0 Å². The summed E-state index contributed by atoms with van der Waals surface area (Å²) in [5.41, 5.74) is 0.737. The Morgan fingerprint density at radius 2 is 1.53 bits per heavy atom. The van der Waals surface area contributed by atoms with E-state index in [0.29, 0.717) is 33.5 Å². The minimum atomic E-state index is -0.669. The quantitative estimate of drug-likeness (QED) is 0.450. The highest BCUT2D eigenvalue weighted by atomic mass is 35.5. The average Bonchev–Trinajstić information content (AvgIpc) is 2.75. The van der Waals surface area contributed by atoms with Crippen LogP contribution >= 0.6 is 11.6 Å². The van der Waals surface area contributed by atoms with Crippen LogP contribution in [0.3, 0.4) is 0 Å². The van der Waals surface area contributed by atoms with Crippen LogP contribution in [0.2, 0.25) is 5.02 Å². The predicted octanol–water partition coefficient (Wildman–Crippen LogP) is 3.51. The van der Waals surface area contributed by atoms with Crippen molar-refractivity contribution < 1.29 is 33.3 Å². The van der Waals surface area contributed by atoms with Crippen molar-refractivity contribution in [2.75, 3.05) is 33.3 Å². The Morgan fingerprint density at radius 3 is 2.20 bits per heavy atom. The van der Waals surface area contributed by atoms with E-state index in [2.05, 4.69) is 5.32 Å². The number of anilines is 1. The highest BCUT2D eigenvalue weighted by Crippen LogP contribution is 2.28. The van der Waals surface area contributed by atoms with E-state index in [1.807, 2.05) is 0 Å². The minimum absolute atomic E-state index is 0.0714. The summed E-state index contributed by atoms with van der Waals surface area (Å²) in [6.45, 7) is -0.501. The number of benzene rings is 2. The second kappa shape index (κ2) is 11.1. The molecule has 0 aromatic heterocycles. The molecule has 0 unspecified atom stereocenters. The number of carbonyl (C=O) groups is 3. The van der Waals surface area contributed by atoms with Crippen LogP contribution in [0.15, 0.2) is 36.4 Å². The van der Waals surface area contributed by atoms with Crippen molar-refractivity contribution in [2.45, 2.75) is 12.8 Å². The van der Waals surface area contributed by atoms with E-state index in [1.54, 1.807) is 30.3 Å². The fraction of sp³-hybridized carbons (Fsp3) is 0.286. The van der Waals surface area contributed by atoms with Crippen LogP contribution in [0.25, 0.3) is 0 Å². The Morgan fingerprint density at radius 1 is 0.867 bits per heavy atom. The molecule has 0 heterocycles. The molecule has 30 heavy (non-hydrogen) atoms. The van der Waals surface area contributed by atoms with E-state index in [4.69, 9.17) is 30.5 Å². The maximum Gasteiger partial charge on any atom is 0.306 e. The van der Waals surface area contributed by atoms with E-state index in [1.165, 1.54) is 27.4 Å². The van der Waals surface area contributed by atoms with Gasteiger partial charge in [-0.25, -0.2) is 0 Å². The number of hydrogen-bond donors (Lipinski definition) is 1. The molecule has 0 saturated carbocycles. The molecule has 9 heteroatoms. The number of ether oxygens (including phenoxy) is 4. The Balaban J connectivity index is 1.83. The van der Waals surface area contributed by atoms with Gasteiger partial charge < -0.3 is 24.3 Å². The molecule has 2 rings (SSSR count). The fourth-order valence-electron chi connectivity index (χ4n) is 2.55. The SMILES string of the molecule is COc1ccc(Cl)cc1NC(=O)COC(=O)CCC(=O)c1ccc(OC)c(OC)c1. The Labute approximate surface area is 179 Å². The molecule has 0 aliphatic heterocycles. The molecule has 0 atom stereocenters. The number of nitrogens with one attached hydrogen (secondary N) is 1. The molecule has 8 nitrogen and oxygen atoms in total.